The number of methoxy groups -OCH3 is 1. The van der Waals surface area contributed by atoms with Crippen molar-refractivity contribution < 1.29 is 38.1 Å². The van der Waals surface area contributed by atoms with Gasteiger partial charge < -0.3 is 29.6 Å². The van der Waals surface area contributed by atoms with Crippen molar-refractivity contribution in [2.75, 3.05) is 20.3 Å². The van der Waals surface area contributed by atoms with E-state index >= 15 is 0 Å². The molecule has 25 heavy (non-hydrogen) atoms. The lowest BCUT2D eigenvalue weighted by molar-refractivity contribution is -0.148. The van der Waals surface area contributed by atoms with Crippen molar-refractivity contribution in [3.8, 4) is 0 Å². The zero-order chi connectivity index (χ0) is 19.6. The number of carbonyl (C=O) groups is 4. The molecule has 0 aromatic carbocycles. The summed E-state index contributed by atoms with van der Waals surface area (Å²) in [7, 11) is 1.12. The SMILES string of the molecule is CCOC(=O)O[C@H](C)[C@H](NC(=O)CNC(=O)OC(C)(C)C)C(=O)OC. The topological polar surface area (TPSA) is 129 Å². The number of carbonyl (C=O) groups excluding carboxylic acids is 4. The predicted octanol–water partition coefficient (Wildman–Crippen LogP) is 0.731. The molecule has 0 heterocycles. The fourth-order valence-electron chi connectivity index (χ4n) is 1.56. The van der Waals surface area contributed by atoms with Crippen molar-refractivity contribution in [1.82, 2.24) is 10.6 Å². The van der Waals surface area contributed by atoms with Gasteiger partial charge in [0.05, 0.1) is 13.7 Å². The summed E-state index contributed by atoms with van der Waals surface area (Å²) >= 11 is 0. The van der Waals surface area contributed by atoms with Gasteiger partial charge in [-0.05, 0) is 34.6 Å². The van der Waals surface area contributed by atoms with E-state index in [0.29, 0.717) is 0 Å². The van der Waals surface area contributed by atoms with Gasteiger partial charge in [-0.1, -0.05) is 0 Å². The van der Waals surface area contributed by atoms with E-state index in [4.69, 9.17) is 9.47 Å². The zero-order valence-electron chi connectivity index (χ0n) is 15.3. The van der Waals surface area contributed by atoms with Crippen molar-refractivity contribution in [3.05, 3.63) is 0 Å². The summed E-state index contributed by atoms with van der Waals surface area (Å²) in [6.07, 6.45) is -2.81. The van der Waals surface area contributed by atoms with Crippen molar-refractivity contribution in [2.24, 2.45) is 0 Å². The highest BCUT2D eigenvalue weighted by Gasteiger charge is 2.31. The number of amides is 2. The highest BCUT2D eigenvalue weighted by molar-refractivity contribution is 5.87. The molecule has 0 aliphatic heterocycles. The van der Waals surface area contributed by atoms with Gasteiger partial charge in [-0.3, -0.25) is 4.79 Å². The summed E-state index contributed by atoms with van der Waals surface area (Å²) in [5.41, 5.74) is -0.711. The minimum atomic E-state index is -1.26. The van der Waals surface area contributed by atoms with Crippen molar-refractivity contribution in [1.29, 1.82) is 0 Å². The van der Waals surface area contributed by atoms with E-state index in [0.717, 1.165) is 7.11 Å². The van der Waals surface area contributed by atoms with E-state index in [1.54, 1.807) is 27.7 Å². The van der Waals surface area contributed by atoms with Crippen LogP contribution in [0.5, 0.6) is 0 Å². The number of nitrogens with one attached hydrogen (secondary N) is 2. The smallest absolute Gasteiger partial charge is 0.467 e. The van der Waals surface area contributed by atoms with Gasteiger partial charge in [-0.2, -0.15) is 0 Å². The molecule has 0 fully saturated rings. The van der Waals surface area contributed by atoms with E-state index in [9.17, 15) is 19.2 Å². The molecule has 0 saturated carbocycles. The molecule has 144 valence electrons. The Bertz CT molecular complexity index is 486. The zero-order valence-corrected chi connectivity index (χ0v) is 15.3. The predicted molar refractivity (Wildman–Crippen MR) is 85.8 cm³/mol. The third kappa shape index (κ3) is 10.0. The first-order valence-corrected chi connectivity index (χ1v) is 7.67. The lowest BCUT2D eigenvalue weighted by Gasteiger charge is -2.23. The maximum absolute atomic E-state index is 11.9. The Kier molecular flexibility index (Phi) is 9.32. The van der Waals surface area contributed by atoms with E-state index < -0.39 is 48.4 Å². The second-order valence-electron chi connectivity index (χ2n) is 5.93. The molecule has 0 aliphatic carbocycles. The average Bonchev–Trinajstić information content (AvgIpc) is 2.48. The van der Waals surface area contributed by atoms with Crippen LogP contribution in [0.1, 0.15) is 34.6 Å². The van der Waals surface area contributed by atoms with E-state index in [1.165, 1.54) is 6.92 Å². The first-order valence-electron chi connectivity index (χ1n) is 7.67. The highest BCUT2D eigenvalue weighted by Crippen LogP contribution is 2.06. The molecule has 0 radical (unpaired) electrons. The molecule has 0 saturated heterocycles. The molecule has 0 rings (SSSR count). The summed E-state index contributed by atoms with van der Waals surface area (Å²) in [6, 6.07) is -1.26. The molecule has 10 nitrogen and oxygen atoms in total. The van der Waals surface area contributed by atoms with Crippen LogP contribution in [0.15, 0.2) is 0 Å². The normalized spacial score (nSPS) is 13.0. The lowest BCUT2D eigenvalue weighted by Crippen LogP contribution is -2.52. The van der Waals surface area contributed by atoms with Gasteiger partial charge in [-0.25, -0.2) is 14.4 Å². The average molecular weight is 362 g/mol. The summed E-state index contributed by atoms with van der Waals surface area (Å²) in [6.45, 7) is 7.67. The summed E-state index contributed by atoms with van der Waals surface area (Å²) in [4.78, 5) is 46.5. The third-order valence-electron chi connectivity index (χ3n) is 2.58. The molecule has 2 N–H and O–H groups in total. The Morgan fingerprint density at radius 3 is 2.20 bits per heavy atom. The largest absolute Gasteiger partial charge is 0.508 e. The first-order chi connectivity index (χ1) is 11.5. The first kappa shape index (κ1) is 22.5. The van der Waals surface area contributed by atoms with Gasteiger partial charge >= 0.3 is 18.2 Å². The van der Waals surface area contributed by atoms with Crippen LogP contribution in [-0.4, -0.2) is 62.1 Å². The Labute approximate surface area is 146 Å². The van der Waals surface area contributed by atoms with Crippen LogP contribution in [0, 0.1) is 0 Å². The van der Waals surface area contributed by atoms with Crippen LogP contribution in [0.3, 0.4) is 0 Å². The van der Waals surface area contributed by atoms with Gasteiger partial charge in [0.25, 0.3) is 0 Å². The van der Waals surface area contributed by atoms with Crippen LogP contribution < -0.4 is 10.6 Å². The van der Waals surface area contributed by atoms with E-state index in [1.807, 2.05) is 0 Å². The number of alkyl carbamates (subject to hydrolysis) is 1. The third-order valence-corrected chi connectivity index (χ3v) is 2.58. The molecule has 0 aliphatic rings. The quantitative estimate of drug-likeness (QED) is 0.501. The number of esters is 1. The van der Waals surface area contributed by atoms with E-state index in [-0.39, 0.29) is 6.61 Å². The summed E-state index contributed by atoms with van der Waals surface area (Å²) in [5.74, 6) is -1.51. The second-order valence-corrected chi connectivity index (χ2v) is 5.93. The monoisotopic (exact) mass is 362 g/mol. The molecule has 0 bridgehead atoms. The van der Waals surface area contributed by atoms with Gasteiger partial charge in [-0.15, -0.1) is 0 Å². The Hall–Kier alpha value is -2.52. The van der Waals surface area contributed by atoms with Gasteiger partial charge in [0, 0.05) is 0 Å². The van der Waals surface area contributed by atoms with Crippen molar-refractivity contribution >= 4 is 24.1 Å². The number of hydrogen-bond donors (Lipinski definition) is 2. The minimum Gasteiger partial charge on any atom is -0.467 e. The Morgan fingerprint density at radius 2 is 1.72 bits per heavy atom. The molecule has 2 atom stereocenters. The molecular weight excluding hydrogens is 336 g/mol. The summed E-state index contributed by atoms with van der Waals surface area (Å²) in [5, 5.41) is 4.56. The van der Waals surface area contributed by atoms with Crippen LogP contribution in [-0.2, 0) is 28.5 Å². The Morgan fingerprint density at radius 1 is 1.12 bits per heavy atom. The number of rotatable bonds is 7. The molecular formula is C15H26N2O8. The maximum atomic E-state index is 11.9. The van der Waals surface area contributed by atoms with Gasteiger partial charge in [0.2, 0.25) is 5.91 Å². The fraction of sp³-hybridized carbons (Fsp3) is 0.733. The lowest BCUT2D eigenvalue weighted by atomic mass is 10.2. The molecule has 0 unspecified atom stereocenters. The second kappa shape index (κ2) is 10.4. The van der Waals surface area contributed by atoms with Crippen LogP contribution in [0.25, 0.3) is 0 Å². The highest BCUT2D eigenvalue weighted by atomic mass is 16.7. The van der Waals surface area contributed by atoms with E-state index in [2.05, 4.69) is 20.1 Å². The van der Waals surface area contributed by atoms with Crippen LogP contribution in [0.2, 0.25) is 0 Å². The molecule has 2 amide bonds. The van der Waals surface area contributed by atoms with Crippen molar-refractivity contribution in [2.45, 2.75) is 52.4 Å². The number of hydrogen-bond acceptors (Lipinski definition) is 8. The molecule has 0 spiro atoms. The van der Waals surface area contributed by atoms with Crippen LogP contribution >= 0.6 is 0 Å². The minimum absolute atomic E-state index is 0.0978. The fourth-order valence-corrected chi connectivity index (χ4v) is 1.56. The van der Waals surface area contributed by atoms with Gasteiger partial charge in [0.15, 0.2) is 6.04 Å². The molecule has 0 aromatic rings. The Balaban J connectivity index is 4.65. The van der Waals surface area contributed by atoms with Gasteiger partial charge in [0.1, 0.15) is 18.2 Å². The van der Waals surface area contributed by atoms with Crippen molar-refractivity contribution in [3.63, 3.8) is 0 Å². The summed E-state index contributed by atoms with van der Waals surface area (Å²) < 4.78 is 19.0. The maximum Gasteiger partial charge on any atom is 0.508 e. The molecule has 0 aromatic heterocycles. The van der Waals surface area contributed by atoms with Crippen LogP contribution in [0.4, 0.5) is 9.59 Å². The molecule has 10 heteroatoms. The standard InChI is InChI=1S/C15H26N2O8/c1-7-23-14(21)24-9(2)11(12(19)22-6)17-10(18)8-16-13(20)25-15(3,4)5/h9,11H,7-8H2,1-6H3,(H,16,20)(H,17,18)/t9-,11+/m1/s1. The number of ether oxygens (including phenoxy) is 4.